The molecular formula is C16H19ClN2O7S. The molecule has 27 heavy (non-hydrogen) atoms. The number of hydrogen-bond acceptors (Lipinski definition) is 7. The molecule has 148 valence electrons. The third-order valence-corrected chi connectivity index (χ3v) is 5.94. The van der Waals surface area contributed by atoms with Gasteiger partial charge in [-0.15, -0.1) is 0 Å². The fourth-order valence-corrected chi connectivity index (χ4v) is 4.60. The van der Waals surface area contributed by atoms with Gasteiger partial charge in [-0.2, -0.15) is 0 Å². The highest BCUT2D eigenvalue weighted by Crippen LogP contribution is 2.23. The summed E-state index contributed by atoms with van der Waals surface area (Å²) >= 11 is 5.83. The Balaban J connectivity index is 1.75. The molecule has 1 heterocycles. The van der Waals surface area contributed by atoms with E-state index >= 15 is 0 Å². The molecule has 1 fully saturated rings. The van der Waals surface area contributed by atoms with E-state index in [1.807, 2.05) is 0 Å². The molecule has 9 nitrogen and oxygen atoms in total. The second-order valence-electron chi connectivity index (χ2n) is 5.98. The number of sulfone groups is 1. The minimum absolute atomic E-state index is 0.0498. The van der Waals surface area contributed by atoms with Crippen molar-refractivity contribution in [1.82, 2.24) is 10.9 Å². The lowest BCUT2D eigenvalue weighted by Crippen LogP contribution is -2.43. The summed E-state index contributed by atoms with van der Waals surface area (Å²) in [6, 6.07) is 4.42. The lowest BCUT2D eigenvalue weighted by molar-refractivity contribution is -0.149. The first-order valence-electron chi connectivity index (χ1n) is 7.99. The number of rotatable bonds is 6. The number of amides is 2. The molecular weight excluding hydrogens is 400 g/mol. The van der Waals surface area contributed by atoms with Gasteiger partial charge in [-0.1, -0.05) is 11.6 Å². The molecule has 1 aromatic rings. The van der Waals surface area contributed by atoms with E-state index in [1.54, 1.807) is 6.07 Å². The molecule has 11 heteroatoms. The summed E-state index contributed by atoms with van der Waals surface area (Å²) in [6.45, 7) is -0.606. The van der Waals surface area contributed by atoms with Crippen molar-refractivity contribution in [3.05, 3.63) is 28.8 Å². The summed E-state index contributed by atoms with van der Waals surface area (Å²) in [7, 11) is -1.70. The molecule has 2 rings (SSSR count). The first-order valence-corrected chi connectivity index (χ1v) is 10.2. The number of hydrogen-bond donors (Lipinski definition) is 2. The second-order valence-corrected chi connectivity index (χ2v) is 8.65. The second kappa shape index (κ2) is 9.05. The lowest BCUT2D eigenvalue weighted by atomic mass is 10.1. The Morgan fingerprint density at radius 2 is 2.00 bits per heavy atom. The van der Waals surface area contributed by atoms with Crippen molar-refractivity contribution in [2.45, 2.75) is 12.8 Å². The minimum Gasteiger partial charge on any atom is -0.496 e. The number of nitrogens with one attached hydrogen (secondary N) is 2. The predicted octanol–water partition coefficient (Wildman–Crippen LogP) is 0.478. The molecule has 1 aliphatic rings. The fourth-order valence-electron chi connectivity index (χ4n) is 2.56. The van der Waals surface area contributed by atoms with Gasteiger partial charge < -0.3 is 9.47 Å². The number of esters is 1. The number of ether oxygens (including phenoxy) is 2. The number of hydrazine groups is 1. The fraction of sp³-hybridized carbons (Fsp3) is 0.438. The maximum atomic E-state index is 12.1. The Kier molecular flexibility index (Phi) is 7.03. The van der Waals surface area contributed by atoms with Crippen molar-refractivity contribution in [2.75, 3.05) is 25.2 Å². The average molecular weight is 419 g/mol. The lowest BCUT2D eigenvalue weighted by Gasteiger charge is -2.11. The Bertz CT molecular complexity index is 841. The van der Waals surface area contributed by atoms with E-state index in [2.05, 4.69) is 10.9 Å². The molecule has 1 aliphatic heterocycles. The summed E-state index contributed by atoms with van der Waals surface area (Å²) in [5.74, 6) is -2.10. The van der Waals surface area contributed by atoms with E-state index in [9.17, 15) is 22.8 Å². The topological polar surface area (TPSA) is 128 Å². The smallest absolute Gasteiger partial charge is 0.306 e. The van der Waals surface area contributed by atoms with Gasteiger partial charge in [-0.3, -0.25) is 25.2 Å². The van der Waals surface area contributed by atoms with Gasteiger partial charge >= 0.3 is 5.97 Å². The zero-order chi connectivity index (χ0) is 20.0. The standard InChI is InChI=1S/C16H19ClN2O7S/c1-25-13-3-2-11(17)7-12(13)16(22)19-18-14(20)8-26-15(21)6-10-4-5-27(23,24)9-10/h2-3,7,10H,4-6,8-9H2,1H3,(H,18,20)(H,19,22)/t10-/m1/s1. The minimum atomic E-state index is -3.08. The van der Waals surface area contributed by atoms with Crippen molar-refractivity contribution in [2.24, 2.45) is 5.92 Å². The van der Waals surface area contributed by atoms with Gasteiger partial charge in [0.1, 0.15) is 5.75 Å². The highest BCUT2D eigenvalue weighted by molar-refractivity contribution is 7.91. The maximum Gasteiger partial charge on any atom is 0.306 e. The first kappa shape index (κ1) is 21.0. The molecule has 0 unspecified atom stereocenters. The third kappa shape index (κ3) is 6.40. The largest absolute Gasteiger partial charge is 0.496 e. The van der Waals surface area contributed by atoms with Crippen LogP contribution in [0.4, 0.5) is 0 Å². The molecule has 0 radical (unpaired) electrons. The van der Waals surface area contributed by atoms with Gasteiger partial charge in [-0.25, -0.2) is 8.42 Å². The van der Waals surface area contributed by atoms with Crippen LogP contribution in [0, 0.1) is 5.92 Å². The van der Waals surface area contributed by atoms with Crippen molar-refractivity contribution >= 4 is 39.2 Å². The van der Waals surface area contributed by atoms with E-state index in [0.717, 1.165) is 0 Å². The van der Waals surface area contributed by atoms with E-state index in [0.29, 0.717) is 11.4 Å². The molecule has 0 spiro atoms. The van der Waals surface area contributed by atoms with Gasteiger partial charge in [0.25, 0.3) is 11.8 Å². The number of benzene rings is 1. The van der Waals surface area contributed by atoms with Crippen LogP contribution in [-0.4, -0.2) is 51.4 Å². The molecule has 2 amide bonds. The van der Waals surface area contributed by atoms with Gasteiger partial charge in [0.05, 0.1) is 24.2 Å². The molecule has 1 saturated heterocycles. The SMILES string of the molecule is COc1ccc(Cl)cc1C(=O)NNC(=O)COC(=O)C[C@H]1CCS(=O)(=O)C1. The Morgan fingerprint density at radius 3 is 2.63 bits per heavy atom. The first-order chi connectivity index (χ1) is 12.7. The van der Waals surface area contributed by atoms with E-state index < -0.39 is 34.2 Å². The summed E-state index contributed by atoms with van der Waals surface area (Å²) in [6.07, 6.45) is 0.333. The number of methoxy groups -OCH3 is 1. The maximum absolute atomic E-state index is 12.1. The van der Waals surface area contributed by atoms with E-state index in [1.165, 1.54) is 19.2 Å². The van der Waals surface area contributed by atoms with Crippen molar-refractivity contribution in [3.63, 3.8) is 0 Å². The number of halogens is 1. The highest BCUT2D eigenvalue weighted by atomic mass is 35.5. The van der Waals surface area contributed by atoms with Crippen LogP contribution < -0.4 is 15.6 Å². The van der Waals surface area contributed by atoms with Crippen LogP contribution in [0.5, 0.6) is 5.75 Å². The predicted molar refractivity (Wildman–Crippen MR) is 95.9 cm³/mol. The zero-order valence-corrected chi connectivity index (χ0v) is 16.1. The Hall–Kier alpha value is -2.33. The summed E-state index contributed by atoms with van der Waals surface area (Å²) in [5, 5.41) is 0.315. The highest BCUT2D eigenvalue weighted by Gasteiger charge is 2.30. The monoisotopic (exact) mass is 418 g/mol. The van der Waals surface area contributed by atoms with Gasteiger partial charge in [-0.05, 0) is 30.5 Å². The number of carbonyl (C=O) groups excluding carboxylic acids is 3. The Labute approximate surface area is 161 Å². The van der Waals surface area contributed by atoms with Gasteiger partial charge in [0, 0.05) is 11.4 Å². The van der Waals surface area contributed by atoms with Crippen molar-refractivity contribution < 1.29 is 32.3 Å². The van der Waals surface area contributed by atoms with Crippen molar-refractivity contribution in [3.8, 4) is 5.75 Å². The molecule has 1 aromatic carbocycles. The van der Waals surface area contributed by atoms with E-state index in [4.69, 9.17) is 21.1 Å². The Morgan fingerprint density at radius 1 is 1.26 bits per heavy atom. The van der Waals surface area contributed by atoms with Crippen LogP contribution >= 0.6 is 11.6 Å². The van der Waals surface area contributed by atoms with Gasteiger partial charge in [0.15, 0.2) is 16.4 Å². The van der Waals surface area contributed by atoms with Crippen LogP contribution in [0.1, 0.15) is 23.2 Å². The van der Waals surface area contributed by atoms with Gasteiger partial charge in [0.2, 0.25) is 0 Å². The molecule has 1 atom stereocenters. The quantitative estimate of drug-likeness (QED) is 0.507. The molecule has 0 bridgehead atoms. The average Bonchev–Trinajstić information content (AvgIpc) is 2.96. The van der Waals surface area contributed by atoms with Crippen LogP contribution in [0.3, 0.4) is 0 Å². The normalized spacial score (nSPS) is 17.8. The summed E-state index contributed by atoms with van der Waals surface area (Å²) in [5.41, 5.74) is 4.38. The summed E-state index contributed by atoms with van der Waals surface area (Å²) < 4.78 is 32.5. The van der Waals surface area contributed by atoms with Crippen LogP contribution in [-0.2, 0) is 24.2 Å². The van der Waals surface area contributed by atoms with E-state index in [-0.39, 0.29) is 35.2 Å². The molecule has 2 N–H and O–H groups in total. The van der Waals surface area contributed by atoms with Crippen LogP contribution in [0.25, 0.3) is 0 Å². The molecule has 0 aromatic heterocycles. The number of carbonyl (C=O) groups is 3. The summed E-state index contributed by atoms with van der Waals surface area (Å²) in [4.78, 5) is 35.4. The van der Waals surface area contributed by atoms with Crippen LogP contribution in [0.15, 0.2) is 18.2 Å². The zero-order valence-electron chi connectivity index (χ0n) is 14.5. The van der Waals surface area contributed by atoms with Crippen LogP contribution in [0.2, 0.25) is 5.02 Å². The molecule has 0 aliphatic carbocycles. The third-order valence-electron chi connectivity index (χ3n) is 3.87. The van der Waals surface area contributed by atoms with Crippen molar-refractivity contribution in [1.29, 1.82) is 0 Å². The molecule has 0 saturated carbocycles.